The molecule has 0 spiro atoms. The first-order valence-corrected chi connectivity index (χ1v) is 8.09. The Balaban J connectivity index is 3.25. The van der Waals surface area contributed by atoms with Gasteiger partial charge in [-0.15, -0.1) is 0 Å². The predicted molar refractivity (Wildman–Crippen MR) is 75.7 cm³/mol. The van der Waals surface area contributed by atoms with Crippen LogP contribution < -0.4 is 0 Å². The Morgan fingerprint density at radius 2 is 1.48 bits per heavy atom. The number of carbonyl (C=O) groups excluding carboxylic acids is 2. The molecule has 116 valence electrons. The molecule has 0 heterocycles. The van der Waals surface area contributed by atoms with Gasteiger partial charge in [-0.1, -0.05) is 11.6 Å². The van der Waals surface area contributed by atoms with Gasteiger partial charge >= 0.3 is 11.9 Å². The Labute approximate surface area is 127 Å². The van der Waals surface area contributed by atoms with E-state index in [-0.39, 0.29) is 18.1 Å². The van der Waals surface area contributed by atoms with E-state index in [0.29, 0.717) is 5.02 Å². The maximum absolute atomic E-state index is 12.4. The maximum atomic E-state index is 12.4. The number of carbonyl (C=O) groups is 2. The average Bonchev–Trinajstić information content (AvgIpc) is 2.39. The second-order valence-electron chi connectivity index (χ2n) is 3.88. The second kappa shape index (κ2) is 7.42. The number of benzene rings is 1. The zero-order valence-electron chi connectivity index (χ0n) is 11.5. The van der Waals surface area contributed by atoms with Gasteiger partial charge < -0.3 is 9.47 Å². The van der Waals surface area contributed by atoms with E-state index in [1.807, 2.05) is 0 Å². The number of ether oxygens (including phenoxy) is 2. The summed E-state index contributed by atoms with van der Waals surface area (Å²) in [6, 6.07) is 5.12. The molecule has 8 heteroatoms. The van der Waals surface area contributed by atoms with Crippen molar-refractivity contribution in [3.63, 3.8) is 0 Å². The van der Waals surface area contributed by atoms with E-state index in [9.17, 15) is 18.0 Å². The van der Waals surface area contributed by atoms with Crippen molar-refractivity contribution in [2.24, 2.45) is 0 Å². The molecule has 0 saturated heterocycles. The molecule has 1 aromatic carbocycles. The van der Waals surface area contributed by atoms with Gasteiger partial charge in [-0.25, -0.2) is 18.0 Å². The first-order chi connectivity index (χ1) is 9.84. The fraction of sp³-hybridized carbons (Fsp3) is 0.385. The highest BCUT2D eigenvalue weighted by Gasteiger charge is 2.43. The number of hydrogen-bond acceptors (Lipinski definition) is 6. The molecule has 0 amide bonds. The zero-order valence-corrected chi connectivity index (χ0v) is 13.1. The largest absolute Gasteiger partial charge is 0.465 e. The van der Waals surface area contributed by atoms with Gasteiger partial charge in [0.2, 0.25) is 9.84 Å². The number of sulfone groups is 1. The molecule has 0 radical (unpaired) electrons. The Hall–Kier alpha value is -1.60. The number of rotatable bonds is 6. The lowest BCUT2D eigenvalue weighted by atomic mass is 10.4. The smallest absolute Gasteiger partial charge is 0.336 e. The third-order valence-corrected chi connectivity index (χ3v) is 4.64. The van der Waals surface area contributed by atoms with Gasteiger partial charge in [-0.05, 0) is 38.1 Å². The van der Waals surface area contributed by atoms with Crippen molar-refractivity contribution in [1.82, 2.24) is 0 Å². The monoisotopic (exact) mass is 334 g/mol. The molecule has 0 aliphatic rings. The van der Waals surface area contributed by atoms with Crippen LogP contribution in [0.1, 0.15) is 13.8 Å². The molecule has 0 aliphatic carbocycles. The summed E-state index contributed by atoms with van der Waals surface area (Å²) >= 11 is 5.69. The normalized spacial score (nSPS) is 11.2. The van der Waals surface area contributed by atoms with Crippen LogP contribution in [0.5, 0.6) is 0 Å². The summed E-state index contributed by atoms with van der Waals surface area (Å²) in [5.74, 6) is -2.32. The van der Waals surface area contributed by atoms with Crippen molar-refractivity contribution in [1.29, 1.82) is 0 Å². The van der Waals surface area contributed by atoms with Crippen LogP contribution in [0.3, 0.4) is 0 Å². The van der Waals surface area contributed by atoms with E-state index in [1.54, 1.807) is 0 Å². The molecule has 1 aromatic rings. The lowest BCUT2D eigenvalue weighted by Gasteiger charge is -2.15. The molecule has 0 N–H and O–H groups in total. The quantitative estimate of drug-likeness (QED) is 0.580. The van der Waals surface area contributed by atoms with E-state index in [1.165, 1.54) is 38.1 Å². The van der Waals surface area contributed by atoms with Crippen LogP contribution in [0.15, 0.2) is 29.2 Å². The van der Waals surface area contributed by atoms with Crippen molar-refractivity contribution >= 4 is 33.4 Å². The Morgan fingerprint density at radius 1 is 1.05 bits per heavy atom. The van der Waals surface area contributed by atoms with Gasteiger partial charge in [0.05, 0.1) is 18.1 Å². The Kier molecular flexibility index (Phi) is 6.17. The Bertz CT molecular complexity index is 590. The summed E-state index contributed by atoms with van der Waals surface area (Å²) in [6.07, 6.45) is 0. The van der Waals surface area contributed by atoms with E-state index in [2.05, 4.69) is 9.47 Å². The van der Waals surface area contributed by atoms with Crippen molar-refractivity contribution < 1.29 is 27.5 Å². The first-order valence-electron chi connectivity index (χ1n) is 6.17. The van der Waals surface area contributed by atoms with Crippen LogP contribution in [0, 0.1) is 0 Å². The highest BCUT2D eigenvalue weighted by atomic mass is 35.5. The topological polar surface area (TPSA) is 86.7 Å². The first kappa shape index (κ1) is 17.5. The number of esters is 2. The van der Waals surface area contributed by atoms with Gasteiger partial charge in [0.15, 0.2) is 0 Å². The zero-order chi connectivity index (χ0) is 16.0. The minimum atomic E-state index is -4.27. The van der Waals surface area contributed by atoms with Crippen LogP contribution >= 0.6 is 11.6 Å². The lowest BCUT2D eigenvalue weighted by Crippen LogP contribution is -2.40. The van der Waals surface area contributed by atoms with Crippen molar-refractivity contribution in [3.8, 4) is 0 Å². The molecular weight excluding hydrogens is 320 g/mol. The predicted octanol–water partition coefficient (Wildman–Crippen LogP) is 1.61. The lowest BCUT2D eigenvalue weighted by molar-refractivity contribution is -0.153. The maximum Gasteiger partial charge on any atom is 0.336 e. The van der Waals surface area contributed by atoms with Crippen LogP contribution in [0.25, 0.3) is 0 Å². The second-order valence-corrected chi connectivity index (χ2v) is 6.35. The highest BCUT2D eigenvalue weighted by molar-refractivity contribution is 7.93. The van der Waals surface area contributed by atoms with Crippen molar-refractivity contribution in [2.45, 2.75) is 24.0 Å². The molecule has 0 aliphatic heterocycles. The summed E-state index contributed by atoms with van der Waals surface area (Å²) in [5.41, 5.74) is 0. The summed E-state index contributed by atoms with van der Waals surface area (Å²) in [6.45, 7) is 2.92. The molecule has 0 fully saturated rings. The summed E-state index contributed by atoms with van der Waals surface area (Å²) in [7, 11) is -4.27. The van der Waals surface area contributed by atoms with E-state index >= 15 is 0 Å². The van der Waals surface area contributed by atoms with E-state index < -0.39 is 27.0 Å². The van der Waals surface area contributed by atoms with E-state index in [0.717, 1.165) is 0 Å². The molecule has 0 bridgehead atoms. The standard InChI is InChI=1S/C13H15ClO6S/c1-3-19-12(15)11(13(16)20-4-2)21(17,18)10-7-5-9(14)6-8-10/h5-8,11H,3-4H2,1-2H3. The van der Waals surface area contributed by atoms with Crippen molar-refractivity contribution in [3.05, 3.63) is 29.3 Å². The number of hydrogen-bond donors (Lipinski definition) is 0. The van der Waals surface area contributed by atoms with Gasteiger partial charge in [0, 0.05) is 5.02 Å². The molecule has 0 unspecified atom stereocenters. The summed E-state index contributed by atoms with van der Waals surface area (Å²) < 4.78 is 34.2. The average molecular weight is 335 g/mol. The fourth-order valence-electron chi connectivity index (χ4n) is 1.55. The highest BCUT2D eigenvalue weighted by Crippen LogP contribution is 2.20. The Morgan fingerprint density at radius 3 is 1.86 bits per heavy atom. The van der Waals surface area contributed by atoms with Crippen molar-refractivity contribution in [2.75, 3.05) is 13.2 Å². The van der Waals surface area contributed by atoms with Gasteiger partial charge in [0.25, 0.3) is 5.25 Å². The van der Waals surface area contributed by atoms with Gasteiger partial charge in [-0.2, -0.15) is 0 Å². The third kappa shape index (κ3) is 4.18. The van der Waals surface area contributed by atoms with Crippen LogP contribution in [0.2, 0.25) is 5.02 Å². The SMILES string of the molecule is CCOC(=O)C(C(=O)OCC)S(=O)(=O)c1ccc(Cl)cc1. The minimum absolute atomic E-state index is 0.0507. The fourth-order valence-corrected chi connectivity index (χ4v) is 3.10. The van der Waals surface area contributed by atoms with Crippen LogP contribution in [-0.4, -0.2) is 38.8 Å². The molecular formula is C13H15ClO6S. The molecule has 0 aromatic heterocycles. The van der Waals surface area contributed by atoms with Crippen LogP contribution in [-0.2, 0) is 28.9 Å². The molecule has 0 saturated carbocycles. The molecule has 21 heavy (non-hydrogen) atoms. The van der Waals surface area contributed by atoms with Gasteiger partial charge in [0.1, 0.15) is 0 Å². The van der Waals surface area contributed by atoms with Crippen LogP contribution in [0.4, 0.5) is 0 Å². The number of halogens is 1. The molecule has 1 rings (SSSR count). The summed E-state index contributed by atoms with van der Waals surface area (Å²) in [4.78, 5) is 23.4. The minimum Gasteiger partial charge on any atom is -0.465 e. The van der Waals surface area contributed by atoms with E-state index in [4.69, 9.17) is 11.6 Å². The third-order valence-electron chi connectivity index (χ3n) is 2.45. The molecule has 6 nitrogen and oxygen atoms in total. The molecule has 0 atom stereocenters. The van der Waals surface area contributed by atoms with Gasteiger partial charge in [-0.3, -0.25) is 0 Å². The summed E-state index contributed by atoms with van der Waals surface area (Å²) in [5, 5.41) is -1.71.